The van der Waals surface area contributed by atoms with Crippen molar-refractivity contribution in [3.05, 3.63) is 35.6 Å². The minimum absolute atomic E-state index is 0.0610. The SMILES string of the molecule is CC(C)(C)N1CCN(S(C)(=O)=O)C[C@H]1c1ccc(F)cc1. The Morgan fingerprint density at radius 2 is 1.71 bits per heavy atom. The van der Waals surface area contributed by atoms with Gasteiger partial charge in [-0.3, -0.25) is 4.90 Å². The first-order valence-electron chi connectivity index (χ1n) is 7.06. The molecule has 1 atom stereocenters. The van der Waals surface area contributed by atoms with Gasteiger partial charge in [0.05, 0.1) is 6.26 Å². The summed E-state index contributed by atoms with van der Waals surface area (Å²) in [6.45, 7) is 7.90. The molecule has 0 saturated carbocycles. The highest BCUT2D eigenvalue weighted by Crippen LogP contribution is 2.32. The molecule has 2 rings (SSSR count). The van der Waals surface area contributed by atoms with Crippen LogP contribution in [0.5, 0.6) is 0 Å². The van der Waals surface area contributed by atoms with E-state index in [9.17, 15) is 12.8 Å². The van der Waals surface area contributed by atoms with Gasteiger partial charge < -0.3 is 0 Å². The highest BCUT2D eigenvalue weighted by Gasteiger charge is 2.37. The first-order chi connectivity index (χ1) is 9.59. The van der Waals surface area contributed by atoms with Gasteiger partial charge in [-0.25, -0.2) is 12.8 Å². The van der Waals surface area contributed by atoms with Gasteiger partial charge in [0.15, 0.2) is 0 Å². The number of rotatable bonds is 2. The zero-order valence-electron chi connectivity index (χ0n) is 13.0. The molecular formula is C15H23FN2O2S. The Morgan fingerprint density at radius 3 is 2.19 bits per heavy atom. The summed E-state index contributed by atoms with van der Waals surface area (Å²) in [5.74, 6) is -0.281. The predicted molar refractivity (Wildman–Crippen MR) is 82.0 cm³/mol. The van der Waals surface area contributed by atoms with Gasteiger partial charge in [0.25, 0.3) is 0 Å². The molecule has 1 aromatic rings. The zero-order valence-corrected chi connectivity index (χ0v) is 13.8. The second kappa shape index (κ2) is 5.66. The van der Waals surface area contributed by atoms with Crippen LogP contribution in [0.2, 0.25) is 0 Å². The lowest BCUT2D eigenvalue weighted by atomic mass is 9.96. The van der Waals surface area contributed by atoms with E-state index in [4.69, 9.17) is 0 Å². The lowest BCUT2D eigenvalue weighted by Crippen LogP contribution is -2.56. The maximum atomic E-state index is 13.1. The molecule has 1 aromatic carbocycles. The molecule has 0 unspecified atom stereocenters. The molecule has 0 radical (unpaired) electrons. The van der Waals surface area contributed by atoms with E-state index in [1.54, 1.807) is 12.1 Å². The fraction of sp³-hybridized carbons (Fsp3) is 0.600. The third-order valence-electron chi connectivity index (χ3n) is 3.93. The lowest BCUT2D eigenvalue weighted by Gasteiger charge is -2.47. The van der Waals surface area contributed by atoms with E-state index >= 15 is 0 Å². The molecule has 1 saturated heterocycles. The van der Waals surface area contributed by atoms with Crippen molar-refractivity contribution < 1.29 is 12.8 Å². The second-order valence-corrected chi connectivity index (χ2v) is 8.54. The monoisotopic (exact) mass is 314 g/mol. The molecule has 1 aliphatic heterocycles. The highest BCUT2D eigenvalue weighted by atomic mass is 32.2. The van der Waals surface area contributed by atoms with Crippen molar-refractivity contribution in [3.63, 3.8) is 0 Å². The number of sulfonamides is 1. The van der Waals surface area contributed by atoms with E-state index in [0.29, 0.717) is 19.6 Å². The molecule has 4 nitrogen and oxygen atoms in total. The molecule has 1 aliphatic rings. The lowest BCUT2D eigenvalue weighted by molar-refractivity contribution is 0.0350. The van der Waals surface area contributed by atoms with E-state index in [-0.39, 0.29) is 17.4 Å². The number of hydrogen-bond donors (Lipinski definition) is 0. The number of hydrogen-bond acceptors (Lipinski definition) is 3. The van der Waals surface area contributed by atoms with E-state index in [0.717, 1.165) is 5.56 Å². The topological polar surface area (TPSA) is 40.6 Å². The summed E-state index contributed by atoms with van der Waals surface area (Å²) in [6, 6.07) is 6.27. The quantitative estimate of drug-likeness (QED) is 0.840. The molecule has 118 valence electrons. The van der Waals surface area contributed by atoms with Crippen LogP contribution in [-0.4, -0.2) is 49.1 Å². The molecule has 1 fully saturated rings. The Balaban J connectivity index is 2.35. The van der Waals surface area contributed by atoms with E-state index < -0.39 is 10.0 Å². The zero-order chi connectivity index (χ0) is 15.8. The summed E-state index contributed by atoms with van der Waals surface area (Å²) in [4.78, 5) is 2.28. The molecule has 6 heteroatoms. The largest absolute Gasteiger partial charge is 0.289 e. The molecular weight excluding hydrogens is 291 g/mol. The average molecular weight is 314 g/mol. The van der Waals surface area contributed by atoms with Gasteiger partial charge in [-0.2, -0.15) is 4.31 Å². The summed E-state index contributed by atoms with van der Waals surface area (Å²) < 4.78 is 38.3. The Bertz CT molecular complexity index is 593. The fourth-order valence-electron chi connectivity index (χ4n) is 2.83. The first kappa shape index (κ1) is 16.4. The summed E-state index contributed by atoms with van der Waals surface area (Å²) in [6.07, 6.45) is 1.24. The Kier molecular flexibility index (Phi) is 4.42. The van der Waals surface area contributed by atoms with Crippen LogP contribution in [0.25, 0.3) is 0 Å². The summed E-state index contributed by atoms with van der Waals surface area (Å²) >= 11 is 0. The van der Waals surface area contributed by atoms with Gasteiger partial charge in [0, 0.05) is 31.2 Å². The van der Waals surface area contributed by atoms with Gasteiger partial charge in [0.2, 0.25) is 10.0 Å². The number of benzene rings is 1. The number of nitrogens with zero attached hydrogens (tertiary/aromatic N) is 2. The summed E-state index contributed by atoms with van der Waals surface area (Å²) in [5.41, 5.74) is 0.863. The van der Waals surface area contributed by atoms with Gasteiger partial charge in [0.1, 0.15) is 5.82 Å². The molecule has 0 bridgehead atoms. The van der Waals surface area contributed by atoms with Gasteiger partial charge in [-0.15, -0.1) is 0 Å². The first-order valence-corrected chi connectivity index (χ1v) is 8.91. The molecule has 0 N–H and O–H groups in total. The Labute approximate surface area is 126 Å². The fourth-order valence-corrected chi connectivity index (χ4v) is 3.66. The van der Waals surface area contributed by atoms with Crippen LogP contribution in [0, 0.1) is 5.82 Å². The van der Waals surface area contributed by atoms with Crippen LogP contribution in [0.15, 0.2) is 24.3 Å². The van der Waals surface area contributed by atoms with Crippen molar-refractivity contribution >= 4 is 10.0 Å². The average Bonchev–Trinajstić information content (AvgIpc) is 2.37. The van der Waals surface area contributed by atoms with Crippen molar-refractivity contribution in [2.45, 2.75) is 32.4 Å². The van der Waals surface area contributed by atoms with Gasteiger partial charge >= 0.3 is 0 Å². The molecule has 1 heterocycles. The van der Waals surface area contributed by atoms with Crippen LogP contribution < -0.4 is 0 Å². The Morgan fingerprint density at radius 1 is 1.14 bits per heavy atom. The number of halogens is 1. The third-order valence-corrected chi connectivity index (χ3v) is 5.20. The van der Waals surface area contributed by atoms with E-state index in [2.05, 4.69) is 25.7 Å². The van der Waals surface area contributed by atoms with Crippen LogP contribution in [-0.2, 0) is 10.0 Å². The van der Waals surface area contributed by atoms with E-state index in [1.807, 2.05) is 0 Å². The molecule has 0 spiro atoms. The second-order valence-electron chi connectivity index (χ2n) is 6.55. The van der Waals surface area contributed by atoms with Crippen molar-refractivity contribution in [2.24, 2.45) is 0 Å². The van der Waals surface area contributed by atoms with Crippen molar-refractivity contribution in [2.75, 3.05) is 25.9 Å². The Hall–Kier alpha value is -0.980. The molecule has 21 heavy (non-hydrogen) atoms. The van der Waals surface area contributed by atoms with Crippen LogP contribution in [0.1, 0.15) is 32.4 Å². The maximum absolute atomic E-state index is 13.1. The smallest absolute Gasteiger partial charge is 0.211 e. The van der Waals surface area contributed by atoms with Crippen LogP contribution in [0.3, 0.4) is 0 Å². The summed E-state index contributed by atoms with van der Waals surface area (Å²) in [5, 5.41) is 0. The van der Waals surface area contributed by atoms with Crippen molar-refractivity contribution in [3.8, 4) is 0 Å². The van der Waals surface area contributed by atoms with Crippen LogP contribution >= 0.6 is 0 Å². The highest BCUT2D eigenvalue weighted by molar-refractivity contribution is 7.88. The van der Waals surface area contributed by atoms with Crippen molar-refractivity contribution in [1.82, 2.24) is 9.21 Å². The predicted octanol–water partition coefficient (Wildman–Crippen LogP) is 2.24. The standard InChI is InChI=1S/C15H23FN2O2S/c1-15(2,3)18-10-9-17(21(4,19)20)11-14(18)12-5-7-13(16)8-6-12/h5-8,14H,9-11H2,1-4H3/t14-/m0/s1. The molecule has 0 aliphatic carbocycles. The van der Waals surface area contributed by atoms with Gasteiger partial charge in [-0.05, 0) is 38.5 Å². The van der Waals surface area contributed by atoms with Gasteiger partial charge in [-0.1, -0.05) is 12.1 Å². The normalized spacial score (nSPS) is 22.4. The number of piperazine rings is 1. The summed E-state index contributed by atoms with van der Waals surface area (Å²) in [7, 11) is -3.21. The minimum Gasteiger partial charge on any atom is -0.289 e. The van der Waals surface area contributed by atoms with E-state index in [1.165, 1.54) is 22.7 Å². The maximum Gasteiger partial charge on any atom is 0.211 e. The molecule has 0 amide bonds. The minimum atomic E-state index is -3.21. The molecule has 0 aromatic heterocycles. The third kappa shape index (κ3) is 3.81. The van der Waals surface area contributed by atoms with Crippen LogP contribution in [0.4, 0.5) is 4.39 Å². The van der Waals surface area contributed by atoms with Crippen molar-refractivity contribution in [1.29, 1.82) is 0 Å².